The lowest BCUT2D eigenvalue weighted by atomic mass is 9.54. The van der Waals surface area contributed by atoms with Gasteiger partial charge in [-0.1, -0.05) is 37.6 Å². The van der Waals surface area contributed by atoms with Gasteiger partial charge in [0.1, 0.15) is 5.54 Å². The summed E-state index contributed by atoms with van der Waals surface area (Å²) in [5.74, 6) is -0.101. The van der Waals surface area contributed by atoms with Crippen molar-refractivity contribution in [1.82, 2.24) is 5.32 Å². The van der Waals surface area contributed by atoms with Gasteiger partial charge in [0.25, 0.3) is 0 Å². The van der Waals surface area contributed by atoms with Crippen molar-refractivity contribution >= 4 is 29.9 Å². The van der Waals surface area contributed by atoms with Gasteiger partial charge in [0, 0.05) is 48.6 Å². The fraction of sp³-hybridized carbons (Fsp3) is 0.667. The van der Waals surface area contributed by atoms with Crippen molar-refractivity contribution < 1.29 is 14.3 Å². The highest BCUT2D eigenvalue weighted by Gasteiger charge is 2.63. The van der Waals surface area contributed by atoms with E-state index in [1.165, 1.54) is 0 Å². The molecule has 1 aliphatic carbocycles. The summed E-state index contributed by atoms with van der Waals surface area (Å²) in [4.78, 5) is 13.0. The van der Waals surface area contributed by atoms with Gasteiger partial charge in [-0.3, -0.25) is 4.79 Å². The van der Waals surface area contributed by atoms with Gasteiger partial charge in [0.2, 0.25) is 5.91 Å². The van der Waals surface area contributed by atoms with Crippen LogP contribution in [0.3, 0.4) is 0 Å². The minimum Gasteiger partial charge on any atom is -0.381 e. The molecule has 0 bridgehead atoms. The van der Waals surface area contributed by atoms with Crippen molar-refractivity contribution in [2.45, 2.75) is 57.1 Å². The molecule has 1 heterocycles. The minimum atomic E-state index is -0.909. The van der Waals surface area contributed by atoms with Crippen molar-refractivity contribution in [3.05, 3.63) is 34.9 Å². The second kappa shape index (κ2) is 8.88. The first-order chi connectivity index (χ1) is 12.7. The number of nitrogens with one attached hydrogen (secondary N) is 1. The van der Waals surface area contributed by atoms with Gasteiger partial charge in [0.05, 0.1) is 6.10 Å². The molecule has 3 N–H and O–H groups in total. The van der Waals surface area contributed by atoms with Crippen LogP contribution in [0.1, 0.15) is 45.6 Å². The highest BCUT2D eigenvalue weighted by Crippen LogP contribution is 2.50. The third-order valence-electron chi connectivity index (χ3n) is 6.71. The molecule has 1 aromatic rings. The Hall–Kier alpha value is -0.850. The van der Waals surface area contributed by atoms with Gasteiger partial charge in [-0.05, 0) is 37.5 Å². The Bertz CT molecular complexity index is 692. The maximum absolute atomic E-state index is 13.0. The minimum absolute atomic E-state index is 0. The Morgan fingerprint density at radius 2 is 2.04 bits per heavy atom. The zero-order valence-corrected chi connectivity index (χ0v) is 18.5. The van der Waals surface area contributed by atoms with Gasteiger partial charge in [0.15, 0.2) is 0 Å². The van der Waals surface area contributed by atoms with E-state index in [9.17, 15) is 4.79 Å². The summed E-state index contributed by atoms with van der Waals surface area (Å²) in [6.45, 7) is 8.50. The molecule has 2 aliphatic rings. The van der Waals surface area contributed by atoms with E-state index < -0.39 is 11.0 Å². The van der Waals surface area contributed by atoms with E-state index in [2.05, 4.69) is 11.4 Å². The Morgan fingerprint density at radius 1 is 1.36 bits per heavy atom. The van der Waals surface area contributed by atoms with Crippen LogP contribution >= 0.6 is 24.0 Å². The predicted molar refractivity (Wildman–Crippen MR) is 114 cm³/mol. The molecule has 1 aromatic carbocycles. The van der Waals surface area contributed by atoms with Gasteiger partial charge >= 0.3 is 0 Å². The van der Waals surface area contributed by atoms with Gasteiger partial charge in [-0.25, -0.2) is 0 Å². The third kappa shape index (κ3) is 4.05. The Kier molecular flexibility index (Phi) is 7.43. The second-order valence-electron chi connectivity index (χ2n) is 8.43. The topological polar surface area (TPSA) is 73.6 Å². The number of amides is 1. The highest BCUT2D eigenvalue weighted by molar-refractivity contribution is 6.30. The number of benzene rings is 1. The van der Waals surface area contributed by atoms with Crippen LogP contribution in [0.15, 0.2) is 24.3 Å². The maximum Gasteiger partial charge on any atom is 0.240 e. The fourth-order valence-corrected chi connectivity index (χ4v) is 4.57. The Labute approximate surface area is 179 Å². The number of hydrogen-bond donors (Lipinski definition) is 2. The van der Waals surface area contributed by atoms with E-state index in [1.54, 1.807) is 0 Å². The molecule has 1 amide bonds. The third-order valence-corrected chi connectivity index (χ3v) is 6.94. The fourth-order valence-electron chi connectivity index (χ4n) is 4.38. The van der Waals surface area contributed by atoms with Crippen LogP contribution < -0.4 is 11.1 Å². The van der Waals surface area contributed by atoms with Crippen LogP contribution in [0.4, 0.5) is 0 Å². The molecule has 0 radical (unpaired) electrons. The number of halogens is 2. The standard InChI is InChI=1S/C21H31ClN2O3.ClH/c1-4-27-17-13-21(23,19(17,2)3)18(25)24-14-20(8-10-26-11-9-20)15-6-5-7-16(22)12-15;/h5-7,12,17H,4,8-11,13-14,23H2,1-3H3,(H,24,25);1H. The van der Waals surface area contributed by atoms with Gasteiger partial charge < -0.3 is 20.5 Å². The summed E-state index contributed by atoms with van der Waals surface area (Å²) in [7, 11) is 0. The molecular formula is C21H32Cl2N2O3. The molecule has 7 heteroatoms. The number of ether oxygens (including phenoxy) is 2. The van der Waals surface area contributed by atoms with Crippen LogP contribution in [-0.4, -0.2) is 43.9 Å². The quantitative estimate of drug-likeness (QED) is 0.724. The zero-order valence-electron chi connectivity index (χ0n) is 16.9. The van der Waals surface area contributed by atoms with Crippen molar-refractivity contribution in [2.24, 2.45) is 11.1 Å². The zero-order chi connectivity index (χ0) is 19.7. The van der Waals surface area contributed by atoms with E-state index in [4.69, 9.17) is 26.8 Å². The van der Waals surface area contributed by atoms with Crippen LogP contribution in [0.2, 0.25) is 5.02 Å². The average Bonchev–Trinajstić information content (AvgIpc) is 2.66. The molecule has 3 rings (SSSR count). The lowest BCUT2D eigenvalue weighted by molar-refractivity contribution is -0.171. The molecule has 2 fully saturated rings. The van der Waals surface area contributed by atoms with Crippen LogP contribution in [0, 0.1) is 5.41 Å². The molecule has 2 atom stereocenters. The first-order valence-corrected chi connectivity index (χ1v) is 10.2. The van der Waals surface area contributed by atoms with Crippen LogP contribution in [-0.2, 0) is 19.7 Å². The normalized spacial score (nSPS) is 28.0. The van der Waals surface area contributed by atoms with Gasteiger partial charge in [-0.2, -0.15) is 0 Å². The first-order valence-electron chi connectivity index (χ1n) is 9.78. The number of rotatable bonds is 6. The second-order valence-corrected chi connectivity index (χ2v) is 8.86. The Morgan fingerprint density at radius 3 is 2.61 bits per heavy atom. The summed E-state index contributed by atoms with van der Waals surface area (Å²) in [6, 6.07) is 7.91. The number of hydrogen-bond acceptors (Lipinski definition) is 4. The lowest BCUT2D eigenvalue weighted by Crippen LogP contribution is -2.76. The van der Waals surface area contributed by atoms with E-state index in [0.29, 0.717) is 37.8 Å². The van der Waals surface area contributed by atoms with Crippen molar-refractivity contribution in [3.8, 4) is 0 Å². The molecular weight excluding hydrogens is 399 g/mol. The molecule has 0 aromatic heterocycles. The largest absolute Gasteiger partial charge is 0.381 e. The summed E-state index contributed by atoms with van der Waals surface area (Å²) < 4.78 is 11.3. The van der Waals surface area contributed by atoms with E-state index in [-0.39, 0.29) is 29.8 Å². The summed E-state index contributed by atoms with van der Waals surface area (Å²) in [5.41, 5.74) is 6.19. The molecule has 1 saturated heterocycles. The lowest BCUT2D eigenvalue weighted by Gasteiger charge is -2.57. The summed E-state index contributed by atoms with van der Waals surface area (Å²) in [6.07, 6.45) is 2.25. The first kappa shape index (κ1) is 23.4. The van der Waals surface area contributed by atoms with Crippen molar-refractivity contribution in [1.29, 1.82) is 0 Å². The molecule has 158 valence electrons. The van der Waals surface area contributed by atoms with Crippen LogP contribution in [0.5, 0.6) is 0 Å². The highest BCUT2D eigenvalue weighted by atomic mass is 35.5. The summed E-state index contributed by atoms with van der Waals surface area (Å²) in [5, 5.41) is 3.86. The molecule has 2 unspecified atom stereocenters. The number of nitrogens with two attached hydrogens (primary N) is 1. The SMILES string of the molecule is CCOC1CC(N)(C(=O)NCC2(c3cccc(Cl)c3)CCOCC2)C1(C)C.Cl. The molecule has 0 spiro atoms. The number of carbonyl (C=O) groups excluding carboxylic acids is 1. The monoisotopic (exact) mass is 430 g/mol. The van der Waals surface area contributed by atoms with E-state index >= 15 is 0 Å². The van der Waals surface area contributed by atoms with Crippen molar-refractivity contribution in [3.63, 3.8) is 0 Å². The molecule has 28 heavy (non-hydrogen) atoms. The molecule has 5 nitrogen and oxygen atoms in total. The van der Waals surface area contributed by atoms with Gasteiger partial charge in [-0.15, -0.1) is 12.4 Å². The van der Waals surface area contributed by atoms with E-state index in [1.807, 2.05) is 39.0 Å². The smallest absolute Gasteiger partial charge is 0.240 e. The van der Waals surface area contributed by atoms with E-state index in [0.717, 1.165) is 18.4 Å². The summed E-state index contributed by atoms with van der Waals surface area (Å²) >= 11 is 6.22. The average molecular weight is 431 g/mol. The molecule has 1 aliphatic heterocycles. The van der Waals surface area contributed by atoms with Crippen molar-refractivity contribution in [2.75, 3.05) is 26.4 Å². The molecule has 1 saturated carbocycles. The maximum atomic E-state index is 13.0. The Balaban J connectivity index is 0.00000280. The number of carbonyl (C=O) groups is 1. The van der Waals surface area contributed by atoms with Crippen LogP contribution in [0.25, 0.3) is 0 Å². The predicted octanol–water partition coefficient (Wildman–Crippen LogP) is 3.46.